The van der Waals surface area contributed by atoms with E-state index >= 15 is 0 Å². The summed E-state index contributed by atoms with van der Waals surface area (Å²) >= 11 is 0. The molecule has 0 aliphatic carbocycles. The van der Waals surface area contributed by atoms with Crippen LogP contribution in [0.2, 0.25) is 0 Å². The Labute approximate surface area is 113 Å². The maximum absolute atomic E-state index is 13.1. The summed E-state index contributed by atoms with van der Waals surface area (Å²) in [5.41, 5.74) is 1.02. The molecule has 1 saturated heterocycles. The summed E-state index contributed by atoms with van der Waals surface area (Å²) in [5, 5.41) is 9.14. The summed E-state index contributed by atoms with van der Waals surface area (Å²) in [6.07, 6.45) is 2.31. The molecule has 1 heterocycles. The Kier molecular flexibility index (Phi) is 3.90. The van der Waals surface area contributed by atoms with E-state index in [4.69, 9.17) is 5.11 Å². The van der Waals surface area contributed by atoms with Gasteiger partial charge in [0.2, 0.25) is 0 Å². The van der Waals surface area contributed by atoms with Gasteiger partial charge >= 0.3 is 5.97 Å². The van der Waals surface area contributed by atoms with Gasteiger partial charge in [0.05, 0.1) is 5.56 Å². The molecule has 3 nitrogen and oxygen atoms in total. The maximum Gasteiger partial charge on any atom is 0.336 e. The van der Waals surface area contributed by atoms with Gasteiger partial charge in [-0.3, -0.25) is 4.90 Å². The van der Waals surface area contributed by atoms with Crippen molar-refractivity contribution in [2.75, 3.05) is 13.1 Å². The molecule has 4 heteroatoms. The lowest BCUT2D eigenvalue weighted by atomic mass is 9.84. The van der Waals surface area contributed by atoms with Crippen molar-refractivity contribution >= 4 is 5.97 Å². The summed E-state index contributed by atoms with van der Waals surface area (Å²) in [6.45, 7) is 6.94. The molecular formula is C15H20FNO2. The molecule has 0 amide bonds. The first-order valence-corrected chi connectivity index (χ1v) is 6.61. The zero-order valence-electron chi connectivity index (χ0n) is 11.4. The number of carboxylic acid groups (broad SMARTS) is 1. The molecule has 1 fully saturated rings. The minimum absolute atomic E-state index is 0.0726. The van der Waals surface area contributed by atoms with Gasteiger partial charge in [0.1, 0.15) is 5.82 Å². The smallest absolute Gasteiger partial charge is 0.336 e. The molecule has 0 saturated carbocycles. The molecular weight excluding hydrogens is 245 g/mol. The van der Waals surface area contributed by atoms with Gasteiger partial charge in [0.25, 0.3) is 0 Å². The van der Waals surface area contributed by atoms with Crippen LogP contribution < -0.4 is 0 Å². The Balaban J connectivity index is 2.17. The molecule has 1 N–H and O–H groups in total. The molecule has 104 valence electrons. The van der Waals surface area contributed by atoms with E-state index in [1.807, 2.05) is 0 Å². The fraction of sp³-hybridized carbons (Fsp3) is 0.533. The number of nitrogens with zero attached hydrogens (tertiary/aromatic N) is 1. The Morgan fingerprint density at radius 3 is 2.84 bits per heavy atom. The Morgan fingerprint density at radius 2 is 2.21 bits per heavy atom. The first kappa shape index (κ1) is 14.0. The fourth-order valence-electron chi connectivity index (χ4n) is 2.81. The normalized spacial score (nSPS) is 19.3. The lowest BCUT2D eigenvalue weighted by Crippen LogP contribution is -2.39. The maximum atomic E-state index is 13.1. The third kappa shape index (κ3) is 3.53. The molecule has 0 radical (unpaired) electrons. The number of likely N-dealkylation sites (tertiary alicyclic amines) is 1. The van der Waals surface area contributed by atoms with E-state index in [-0.39, 0.29) is 11.0 Å². The predicted octanol–water partition coefficient (Wildman–Crippen LogP) is 3.15. The third-order valence-corrected chi connectivity index (χ3v) is 3.68. The van der Waals surface area contributed by atoms with Crippen LogP contribution in [0.3, 0.4) is 0 Å². The average Bonchev–Trinajstić information content (AvgIpc) is 2.30. The highest BCUT2D eigenvalue weighted by molar-refractivity contribution is 5.89. The number of hydrogen-bond donors (Lipinski definition) is 1. The van der Waals surface area contributed by atoms with E-state index in [1.54, 1.807) is 6.07 Å². The van der Waals surface area contributed by atoms with Gasteiger partial charge in [-0.05, 0) is 42.5 Å². The van der Waals surface area contributed by atoms with E-state index in [0.717, 1.165) is 25.6 Å². The number of aromatic carboxylic acids is 1. The van der Waals surface area contributed by atoms with Crippen LogP contribution in [0.15, 0.2) is 18.2 Å². The SMILES string of the molecule is CC1(C)CCCN(Cc2ccc(F)cc2C(=O)O)C1. The summed E-state index contributed by atoms with van der Waals surface area (Å²) in [6, 6.07) is 4.02. The van der Waals surface area contributed by atoms with E-state index < -0.39 is 11.8 Å². The zero-order chi connectivity index (χ0) is 14.0. The topological polar surface area (TPSA) is 40.5 Å². The Hall–Kier alpha value is -1.42. The summed E-state index contributed by atoms with van der Waals surface area (Å²) in [5.74, 6) is -1.56. The molecule has 19 heavy (non-hydrogen) atoms. The van der Waals surface area contributed by atoms with Gasteiger partial charge in [-0.15, -0.1) is 0 Å². The molecule has 0 aromatic heterocycles. The monoisotopic (exact) mass is 265 g/mol. The first-order valence-electron chi connectivity index (χ1n) is 6.61. The number of piperidine rings is 1. The van der Waals surface area contributed by atoms with Gasteiger partial charge in [-0.2, -0.15) is 0 Å². The highest BCUT2D eigenvalue weighted by Gasteiger charge is 2.27. The van der Waals surface area contributed by atoms with Crippen molar-refractivity contribution in [1.29, 1.82) is 0 Å². The average molecular weight is 265 g/mol. The zero-order valence-corrected chi connectivity index (χ0v) is 11.4. The molecule has 0 spiro atoms. The summed E-state index contributed by atoms with van der Waals surface area (Å²) < 4.78 is 13.1. The highest BCUT2D eigenvalue weighted by atomic mass is 19.1. The molecule has 1 aliphatic heterocycles. The van der Waals surface area contributed by atoms with Crippen LogP contribution in [-0.2, 0) is 6.54 Å². The van der Waals surface area contributed by atoms with Crippen molar-refractivity contribution in [2.24, 2.45) is 5.41 Å². The number of rotatable bonds is 3. The number of carboxylic acids is 1. The standard InChI is InChI=1S/C15H20FNO2/c1-15(2)6-3-7-17(10-15)9-11-4-5-12(16)8-13(11)14(18)19/h4-5,8H,3,6-7,9-10H2,1-2H3,(H,18,19). The van der Waals surface area contributed by atoms with Crippen LogP contribution in [0.4, 0.5) is 4.39 Å². The largest absolute Gasteiger partial charge is 0.478 e. The second kappa shape index (κ2) is 5.29. The van der Waals surface area contributed by atoms with E-state index in [9.17, 15) is 9.18 Å². The second-order valence-corrected chi connectivity index (χ2v) is 6.09. The molecule has 0 unspecified atom stereocenters. The number of halogens is 1. The van der Waals surface area contributed by atoms with Crippen LogP contribution >= 0.6 is 0 Å². The van der Waals surface area contributed by atoms with Crippen molar-refractivity contribution in [2.45, 2.75) is 33.2 Å². The van der Waals surface area contributed by atoms with Gasteiger partial charge in [0, 0.05) is 13.1 Å². The molecule has 0 bridgehead atoms. The third-order valence-electron chi connectivity index (χ3n) is 3.68. The van der Waals surface area contributed by atoms with Crippen LogP contribution in [0.1, 0.15) is 42.6 Å². The number of benzene rings is 1. The Bertz CT molecular complexity index is 485. The van der Waals surface area contributed by atoms with Crippen molar-refractivity contribution in [3.05, 3.63) is 35.1 Å². The van der Waals surface area contributed by atoms with Gasteiger partial charge in [-0.25, -0.2) is 9.18 Å². The van der Waals surface area contributed by atoms with Crippen LogP contribution in [0, 0.1) is 11.2 Å². The van der Waals surface area contributed by atoms with Crippen molar-refractivity contribution in [3.63, 3.8) is 0 Å². The fourth-order valence-corrected chi connectivity index (χ4v) is 2.81. The van der Waals surface area contributed by atoms with Crippen LogP contribution in [0.5, 0.6) is 0 Å². The van der Waals surface area contributed by atoms with Gasteiger partial charge in [0.15, 0.2) is 0 Å². The summed E-state index contributed by atoms with van der Waals surface area (Å²) in [4.78, 5) is 13.4. The molecule has 2 rings (SSSR count). The molecule has 1 aromatic carbocycles. The van der Waals surface area contributed by atoms with Gasteiger partial charge in [-0.1, -0.05) is 19.9 Å². The molecule has 1 aliphatic rings. The molecule has 0 atom stereocenters. The number of carbonyl (C=O) groups is 1. The van der Waals surface area contributed by atoms with E-state index in [1.165, 1.54) is 12.5 Å². The van der Waals surface area contributed by atoms with Crippen LogP contribution in [0.25, 0.3) is 0 Å². The minimum Gasteiger partial charge on any atom is -0.478 e. The highest BCUT2D eigenvalue weighted by Crippen LogP contribution is 2.29. The second-order valence-electron chi connectivity index (χ2n) is 6.09. The summed E-state index contributed by atoms with van der Waals surface area (Å²) in [7, 11) is 0. The van der Waals surface area contributed by atoms with Gasteiger partial charge < -0.3 is 5.11 Å². The van der Waals surface area contributed by atoms with Crippen molar-refractivity contribution in [1.82, 2.24) is 4.90 Å². The molecule has 1 aromatic rings. The predicted molar refractivity (Wildman–Crippen MR) is 71.7 cm³/mol. The number of hydrogen-bond acceptors (Lipinski definition) is 2. The Morgan fingerprint density at radius 1 is 1.47 bits per heavy atom. The quantitative estimate of drug-likeness (QED) is 0.912. The lowest BCUT2D eigenvalue weighted by molar-refractivity contribution is 0.0691. The van der Waals surface area contributed by atoms with E-state index in [0.29, 0.717) is 12.1 Å². The van der Waals surface area contributed by atoms with Crippen molar-refractivity contribution in [3.8, 4) is 0 Å². The van der Waals surface area contributed by atoms with E-state index in [2.05, 4.69) is 18.7 Å². The van der Waals surface area contributed by atoms with Crippen molar-refractivity contribution < 1.29 is 14.3 Å². The first-order chi connectivity index (χ1) is 8.87. The minimum atomic E-state index is -1.06. The lowest BCUT2D eigenvalue weighted by Gasteiger charge is -2.38. The van der Waals surface area contributed by atoms with Crippen LogP contribution in [-0.4, -0.2) is 29.1 Å².